The van der Waals surface area contributed by atoms with Crippen molar-refractivity contribution in [1.82, 2.24) is 19.3 Å². The minimum absolute atomic E-state index is 0.0179. The Morgan fingerprint density at radius 3 is 3.06 bits per heavy atom. The third-order valence-electron chi connectivity index (χ3n) is 2.11. The molecule has 1 N–H and O–H groups in total. The zero-order chi connectivity index (χ0) is 12.3. The fourth-order valence-electron chi connectivity index (χ4n) is 1.43. The van der Waals surface area contributed by atoms with E-state index < -0.39 is 5.97 Å². The molecule has 0 atom stereocenters. The van der Waals surface area contributed by atoms with Crippen LogP contribution in [-0.2, 0) is 18.4 Å². The van der Waals surface area contributed by atoms with Crippen molar-refractivity contribution in [3.8, 4) is 0 Å². The standard InChI is InChI=1S/C10H12N4O2S/c1-13-5-8(4-12-13)6-14-3-2-11-10(14)17-7-9(15)16/h2-5H,6-7H2,1H3,(H,15,16). The topological polar surface area (TPSA) is 72.9 Å². The lowest BCUT2D eigenvalue weighted by molar-refractivity contribution is -0.133. The Balaban J connectivity index is 2.06. The number of hydrogen-bond acceptors (Lipinski definition) is 4. The molecule has 2 heterocycles. The van der Waals surface area contributed by atoms with E-state index in [1.54, 1.807) is 17.1 Å². The molecule has 0 radical (unpaired) electrons. The van der Waals surface area contributed by atoms with Gasteiger partial charge in [-0.2, -0.15) is 5.10 Å². The maximum Gasteiger partial charge on any atom is 0.313 e. The van der Waals surface area contributed by atoms with Crippen LogP contribution < -0.4 is 0 Å². The van der Waals surface area contributed by atoms with Gasteiger partial charge in [-0.1, -0.05) is 11.8 Å². The minimum Gasteiger partial charge on any atom is -0.481 e. The Hall–Kier alpha value is -1.76. The summed E-state index contributed by atoms with van der Waals surface area (Å²) in [6.45, 7) is 0.649. The highest BCUT2D eigenvalue weighted by Gasteiger charge is 2.07. The molecule has 0 aliphatic heterocycles. The molecule has 90 valence electrons. The molecule has 0 saturated carbocycles. The summed E-state index contributed by atoms with van der Waals surface area (Å²) >= 11 is 1.21. The van der Waals surface area contributed by atoms with Gasteiger partial charge in [0.1, 0.15) is 0 Å². The Labute approximate surface area is 102 Å². The van der Waals surface area contributed by atoms with Crippen LogP contribution in [0.4, 0.5) is 0 Å². The first-order chi connectivity index (χ1) is 8.15. The monoisotopic (exact) mass is 252 g/mol. The largest absolute Gasteiger partial charge is 0.481 e. The number of imidazole rings is 1. The van der Waals surface area contributed by atoms with Gasteiger partial charge in [0.2, 0.25) is 0 Å². The summed E-state index contributed by atoms with van der Waals surface area (Å²) in [7, 11) is 1.86. The fourth-order valence-corrected chi connectivity index (χ4v) is 2.11. The highest BCUT2D eigenvalue weighted by atomic mass is 32.2. The van der Waals surface area contributed by atoms with Crippen molar-refractivity contribution in [3.63, 3.8) is 0 Å². The van der Waals surface area contributed by atoms with Crippen molar-refractivity contribution in [2.24, 2.45) is 7.05 Å². The van der Waals surface area contributed by atoms with E-state index in [-0.39, 0.29) is 5.75 Å². The van der Waals surface area contributed by atoms with Crippen molar-refractivity contribution in [1.29, 1.82) is 0 Å². The number of carbonyl (C=O) groups is 1. The van der Waals surface area contributed by atoms with Gasteiger partial charge in [0.15, 0.2) is 5.16 Å². The van der Waals surface area contributed by atoms with Crippen molar-refractivity contribution >= 4 is 17.7 Å². The number of thioether (sulfide) groups is 1. The van der Waals surface area contributed by atoms with Gasteiger partial charge in [-0.25, -0.2) is 4.98 Å². The van der Waals surface area contributed by atoms with E-state index in [0.29, 0.717) is 11.7 Å². The van der Waals surface area contributed by atoms with Crippen LogP contribution in [0, 0.1) is 0 Å². The SMILES string of the molecule is Cn1cc(Cn2ccnc2SCC(=O)O)cn1. The highest BCUT2D eigenvalue weighted by Crippen LogP contribution is 2.16. The zero-order valence-electron chi connectivity index (χ0n) is 9.28. The van der Waals surface area contributed by atoms with Gasteiger partial charge >= 0.3 is 5.97 Å². The van der Waals surface area contributed by atoms with Crippen molar-refractivity contribution in [2.45, 2.75) is 11.7 Å². The van der Waals surface area contributed by atoms with Crippen LogP contribution in [0.3, 0.4) is 0 Å². The van der Waals surface area contributed by atoms with Crippen LogP contribution in [0.2, 0.25) is 0 Å². The molecule has 6 nitrogen and oxygen atoms in total. The van der Waals surface area contributed by atoms with E-state index in [0.717, 1.165) is 5.56 Å². The summed E-state index contributed by atoms with van der Waals surface area (Å²) in [4.78, 5) is 14.6. The number of aromatic nitrogens is 4. The second-order valence-electron chi connectivity index (χ2n) is 3.54. The molecular weight excluding hydrogens is 240 g/mol. The summed E-state index contributed by atoms with van der Waals surface area (Å²) in [5.41, 5.74) is 1.06. The zero-order valence-corrected chi connectivity index (χ0v) is 10.1. The van der Waals surface area contributed by atoms with Crippen LogP contribution in [-0.4, -0.2) is 36.2 Å². The molecule has 0 saturated heterocycles. The summed E-state index contributed by atoms with van der Waals surface area (Å²) in [6, 6.07) is 0. The van der Waals surface area contributed by atoms with E-state index in [9.17, 15) is 4.79 Å². The highest BCUT2D eigenvalue weighted by molar-refractivity contribution is 7.99. The molecule has 2 aromatic heterocycles. The second kappa shape index (κ2) is 5.05. The average molecular weight is 252 g/mol. The van der Waals surface area contributed by atoms with Gasteiger partial charge in [0.05, 0.1) is 18.5 Å². The van der Waals surface area contributed by atoms with Gasteiger partial charge < -0.3 is 9.67 Å². The van der Waals surface area contributed by atoms with E-state index in [1.165, 1.54) is 11.8 Å². The Kier molecular flexibility index (Phi) is 3.48. The molecule has 2 rings (SSSR count). The number of nitrogens with zero attached hydrogens (tertiary/aromatic N) is 4. The number of hydrogen-bond donors (Lipinski definition) is 1. The van der Waals surface area contributed by atoms with Crippen molar-refractivity contribution < 1.29 is 9.90 Å². The van der Waals surface area contributed by atoms with Gasteiger partial charge in [-0.3, -0.25) is 9.48 Å². The third kappa shape index (κ3) is 3.10. The number of carboxylic acids is 1. The molecule has 2 aromatic rings. The van der Waals surface area contributed by atoms with Gasteiger partial charge in [0.25, 0.3) is 0 Å². The third-order valence-corrected chi connectivity index (χ3v) is 3.10. The predicted molar refractivity (Wildman–Crippen MR) is 62.9 cm³/mol. The maximum absolute atomic E-state index is 10.5. The lowest BCUT2D eigenvalue weighted by atomic mass is 10.4. The van der Waals surface area contributed by atoms with Crippen LogP contribution in [0.5, 0.6) is 0 Å². The summed E-state index contributed by atoms with van der Waals surface area (Å²) in [6.07, 6.45) is 7.20. The lowest BCUT2D eigenvalue weighted by Gasteiger charge is -2.04. The van der Waals surface area contributed by atoms with Crippen molar-refractivity contribution in [3.05, 3.63) is 30.4 Å². The predicted octanol–water partition coefficient (Wildman–Crippen LogP) is 0.842. The Bertz CT molecular complexity index is 520. The van der Waals surface area contributed by atoms with Crippen LogP contribution in [0.25, 0.3) is 0 Å². The summed E-state index contributed by atoms with van der Waals surface area (Å²) < 4.78 is 3.64. The van der Waals surface area contributed by atoms with Crippen LogP contribution in [0.1, 0.15) is 5.56 Å². The quantitative estimate of drug-likeness (QED) is 0.798. The van der Waals surface area contributed by atoms with E-state index in [2.05, 4.69) is 10.1 Å². The molecule has 0 aliphatic rings. The van der Waals surface area contributed by atoms with Gasteiger partial charge in [0, 0.05) is 31.2 Å². The summed E-state index contributed by atoms with van der Waals surface area (Å²) in [5.74, 6) is -0.824. The molecule has 0 aliphatic carbocycles. The van der Waals surface area contributed by atoms with E-state index >= 15 is 0 Å². The van der Waals surface area contributed by atoms with Gasteiger partial charge in [-0.15, -0.1) is 0 Å². The number of carboxylic acid groups (broad SMARTS) is 1. The molecule has 0 bridgehead atoms. The molecule has 7 heteroatoms. The first-order valence-corrected chi connectivity index (χ1v) is 5.97. The molecule has 0 spiro atoms. The number of aliphatic carboxylic acids is 1. The maximum atomic E-state index is 10.5. The second-order valence-corrected chi connectivity index (χ2v) is 4.48. The molecule has 0 aromatic carbocycles. The fraction of sp³-hybridized carbons (Fsp3) is 0.300. The van der Waals surface area contributed by atoms with E-state index in [4.69, 9.17) is 5.11 Å². The Morgan fingerprint density at radius 2 is 2.41 bits per heavy atom. The smallest absolute Gasteiger partial charge is 0.313 e. The van der Waals surface area contributed by atoms with E-state index in [1.807, 2.05) is 24.0 Å². The average Bonchev–Trinajstić information content (AvgIpc) is 2.86. The summed E-state index contributed by atoms with van der Waals surface area (Å²) in [5, 5.41) is 13.4. The molecule has 0 fully saturated rings. The lowest BCUT2D eigenvalue weighted by Crippen LogP contribution is -2.03. The first kappa shape index (κ1) is 11.7. The Morgan fingerprint density at radius 1 is 1.59 bits per heavy atom. The first-order valence-electron chi connectivity index (χ1n) is 4.98. The molecular formula is C10H12N4O2S. The normalized spacial score (nSPS) is 10.6. The molecule has 0 amide bonds. The minimum atomic E-state index is -0.842. The number of rotatable bonds is 5. The van der Waals surface area contributed by atoms with Crippen LogP contribution >= 0.6 is 11.8 Å². The van der Waals surface area contributed by atoms with Crippen LogP contribution in [0.15, 0.2) is 29.9 Å². The molecule has 17 heavy (non-hydrogen) atoms. The van der Waals surface area contributed by atoms with Gasteiger partial charge in [-0.05, 0) is 0 Å². The number of aryl methyl sites for hydroxylation is 1. The molecule has 0 unspecified atom stereocenters. The van der Waals surface area contributed by atoms with Crippen molar-refractivity contribution in [2.75, 3.05) is 5.75 Å².